The zero-order valence-corrected chi connectivity index (χ0v) is 48.0. The van der Waals surface area contributed by atoms with Crippen molar-refractivity contribution in [2.75, 3.05) is 9.80 Å². The molecule has 82 heavy (non-hydrogen) atoms. The molecule has 0 fully saturated rings. The summed E-state index contributed by atoms with van der Waals surface area (Å²) < 4.78 is 106. The van der Waals surface area contributed by atoms with Gasteiger partial charge in [-0.3, -0.25) is 0 Å². The average molecular weight is 1250 g/mol. The van der Waals surface area contributed by atoms with Crippen LogP contribution in [-0.2, 0) is 31.9 Å². The normalized spacial score (nSPS) is 14.3. The molecule has 404 valence electrons. The van der Waals surface area contributed by atoms with Gasteiger partial charge in [0.25, 0.3) is 0 Å². The van der Waals surface area contributed by atoms with Gasteiger partial charge in [0.05, 0.1) is 24.7 Å². The summed E-state index contributed by atoms with van der Waals surface area (Å²) in [4.78, 5) is 8.64. The van der Waals surface area contributed by atoms with Crippen molar-refractivity contribution in [2.24, 2.45) is 0 Å². The van der Waals surface area contributed by atoms with E-state index < -0.39 is 60.4 Å². The van der Waals surface area contributed by atoms with Gasteiger partial charge in [-0.2, -0.15) is 12.1 Å². The molecule has 0 aliphatic carbocycles. The van der Waals surface area contributed by atoms with Crippen molar-refractivity contribution in [1.82, 2.24) is 14.1 Å². The molecule has 1 aliphatic heterocycles. The fourth-order valence-corrected chi connectivity index (χ4v) is 11.3. The maximum absolute atomic E-state index is 9.13. The molecule has 0 spiro atoms. The molecule has 8 heteroatoms. The number of rotatable bonds is 10. The van der Waals surface area contributed by atoms with Crippen LogP contribution < -0.4 is 19.3 Å². The number of anilines is 4. The van der Waals surface area contributed by atoms with Gasteiger partial charge in [0.15, 0.2) is 0 Å². The van der Waals surface area contributed by atoms with Crippen molar-refractivity contribution < 1.29 is 44.2 Å². The third-order valence-electron chi connectivity index (χ3n) is 14.9. The van der Waals surface area contributed by atoms with Crippen LogP contribution in [0, 0.1) is 18.8 Å². The zero-order valence-electron chi connectivity index (χ0n) is 55.7. The molecule has 3 aromatic heterocycles. The summed E-state index contributed by atoms with van der Waals surface area (Å²) in [5.74, 6) is 2.76. The van der Waals surface area contributed by atoms with Crippen molar-refractivity contribution in [2.45, 2.75) is 52.4 Å². The van der Waals surface area contributed by atoms with Gasteiger partial charge in [-0.05, 0) is 75.9 Å². The molecule has 0 unspecified atom stereocenters. The van der Waals surface area contributed by atoms with E-state index in [0.29, 0.717) is 45.6 Å². The second-order valence-electron chi connectivity index (χ2n) is 22.2. The molecule has 0 N–H and O–H groups in total. The molecule has 7 nitrogen and oxygen atoms in total. The van der Waals surface area contributed by atoms with Gasteiger partial charge in [0.1, 0.15) is 17.3 Å². The van der Waals surface area contributed by atoms with Gasteiger partial charge < -0.3 is 28.4 Å². The summed E-state index contributed by atoms with van der Waals surface area (Å²) in [5, 5.41) is 4.17. The van der Waals surface area contributed by atoms with Crippen molar-refractivity contribution in [3.8, 4) is 56.8 Å². The first-order chi connectivity index (χ1) is 43.6. The molecule has 0 saturated carbocycles. The first-order valence-electron chi connectivity index (χ1n) is 31.9. The minimum absolute atomic E-state index is 0. The van der Waals surface area contributed by atoms with Crippen LogP contribution in [0.4, 0.5) is 22.7 Å². The number of para-hydroxylation sites is 6. The Morgan fingerprint density at radius 3 is 1.71 bits per heavy atom. The quantitative estimate of drug-likeness (QED) is 0.128. The van der Waals surface area contributed by atoms with E-state index in [4.69, 9.17) is 28.2 Å². The first kappa shape index (κ1) is 41.8. The number of hydrogen-bond acceptors (Lipinski definition) is 5. The minimum atomic E-state index is -0.574. The summed E-state index contributed by atoms with van der Waals surface area (Å²) in [5.41, 5.74) is 8.48. The summed E-state index contributed by atoms with van der Waals surface area (Å²) in [7, 11) is 0. The minimum Gasteiger partial charge on any atom is -0.509 e. The number of aromatic nitrogens is 3. The van der Waals surface area contributed by atoms with E-state index in [0.717, 1.165) is 60.7 Å². The van der Waals surface area contributed by atoms with Gasteiger partial charge in [-0.15, -0.1) is 48.1 Å². The van der Waals surface area contributed by atoms with Crippen LogP contribution >= 0.6 is 0 Å². The Labute approximate surface area is 507 Å². The van der Waals surface area contributed by atoms with E-state index in [2.05, 4.69) is 148 Å². The third kappa shape index (κ3) is 9.20. The van der Waals surface area contributed by atoms with Crippen LogP contribution in [0.2, 0.25) is 0 Å². The van der Waals surface area contributed by atoms with E-state index in [1.807, 2.05) is 65.6 Å². The van der Waals surface area contributed by atoms with Crippen molar-refractivity contribution in [3.05, 3.63) is 266 Å². The molecular weight excluding hydrogens is 1190 g/mol. The second-order valence-corrected chi connectivity index (χ2v) is 22.2. The Hall–Kier alpha value is -9.16. The molecule has 13 aromatic rings. The van der Waals surface area contributed by atoms with Crippen LogP contribution in [0.5, 0.6) is 23.0 Å². The molecule has 0 bridgehead atoms. The molecule has 0 saturated heterocycles. The predicted octanol–water partition coefficient (Wildman–Crippen LogP) is 19.8. The van der Waals surface area contributed by atoms with Gasteiger partial charge >= 0.3 is 0 Å². The maximum Gasteiger partial charge on any atom is 0.139 e. The number of benzene rings is 10. The van der Waals surface area contributed by atoms with Crippen molar-refractivity contribution in [1.29, 1.82) is 0 Å². The van der Waals surface area contributed by atoms with Crippen molar-refractivity contribution in [3.63, 3.8) is 0 Å². The molecule has 14 rings (SSSR count). The van der Waals surface area contributed by atoms with E-state index in [9.17, 15) is 0 Å². The van der Waals surface area contributed by atoms with Crippen LogP contribution in [0.1, 0.15) is 66.4 Å². The largest absolute Gasteiger partial charge is 0.509 e. The van der Waals surface area contributed by atoms with Crippen LogP contribution in [0.25, 0.3) is 77.4 Å². The van der Waals surface area contributed by atoms with Gasteiger partial charge in [-0.25, -0.2) is 4.98 Å². The van der Waals surface area contributed by atoms with Crippen LogP contribution in [-0.4, -0.2) is 14.1 Å². The number of hydrogen-bond donors (Lipinski definition) is 0. The SMILES string of the molecule is [2H]c1c([2H])c([2H])c(-c2cccc(-c3c([2H])c([2H])c([2H])c([2H])c3[2H])c2N2[CH-]N(c3[c-]c(Oc4[c-]c5c(cc4)c4cc(-n6c7ccccc7c7ccccc76)ccc4n5-c4cc(Oc5c(C(C)(C)C)cccc5C(C)(C)C)ccn4)ccc3)c3ccccc32)c([2H])c1[2H].[Pt]. The molecular formula is C74H58N5O2Pt-3. The van der Waals surface area contributed by atoms with E-state index >= 15 is 0 Å². The summed E-state index contributed by atoms with van der Waals surface area (Å²) in [6.07, 6.45) is 1.77. The third-order valence-corrected chi connectivity index (χ3v) is 14.9. The monoisotopic (exact) mass is 1250 g/mol. The Bertz CT molecular complexity index is 4960. The second kappa shape index (κ2) is 20.7. The predicted molar refractivity (Wildman–Crippen MR) is 333 cm³/mol. The van der Waals surface area contributed by atoms with E-state index in [1.165, 1.54) is 0 Å². The Kier molecular flexibility index (Phi) is 10.6. The molecule has 0 radical (unpaired) electrons. The Morgan fingerprint density at radius 1 is 0.488 bits per heavy atom. The fraction of sp³-hybridized carbons (Fsp3) is 0.108. The number of pyridine rings is 1. The topological polar surface area (TPSA) is 47.7 Å². The number of fused-ring (bicyclic) bond motifs is 7. The summed E-state index contributed by atoms with van der Waals surface area (Å²) >= 11 is 0. The van der Waals surface area contributed by atoms with Crippen LogP contribution in [0.15, 0.2) is 236 Å². The molecule has 0 amide bonds. The summed E-state index contributed by atoms with van der Waals surface area (Å²) in [6, 6.07) is 57.1. The molecule has 4 heterocycles. The molecule has 1 aliphatic rings. The summed E-state index contributed by atoms with van der Waals surface area (Å²) in [6.45, 7) is 14.9. The van der Waals surface area contributed by atoms with Gasteiger partial charge in [0.2, 0.25) is 0 Å². The van der Waals surface area contributed by atoms with Gasteiger partial charge in [-0.1, -0.05) is 192 Å². The van der Waals surface area contributed by atoms with Gasteiger partial charge in [0, 0.05) is 106 Å². The number of nitrogens with zero attached hydrogens (tertiary/aromatic N) is 5. The van der Waals surface area contributed by atoms with E-state index in [-0.39, 0.29) is 59.8 Å². The smallest absolute Gasteiger partial charge is 0.139 e. The Morgan fingerprint density at radius 2 is 1.06 bits per heavy atom. The molecule has 0 atom stereocenters. The standard InChI is InChI=1S/C74H58N5O2.Pt/c1-73(2,3)62-32-21-33-63(74(4,5)6)72(62)81-55-42-43-75-70(47-55)79-66-41-38-52(78-64-34-15-13-28-58(64)59-29-14-16-35-65(59)78)45-61(66)60-40-39-54(46-69(60)79)80-53-27-19-26-51(44-53)76-48-77(68-37-18-17-36-67(68)76)71-56(49-22-9-7-10-23-49)30-20-31-57(71)50-24-11-8-12-25-50;/h7-43,45,47-48H,1-6H3;/q-3;/i7D,8D,9D,10D,11D,12D,22D,23D,24D,25D;. The number of ether oxygens (including phenoxy) is 2. The molecule has 10 aromatic carbocycles. The maximum atomic E-state index is 9.13. The average Bonchev–Trinajstić information content (AvgIpc) is 1.38. The zero-order chi connectivity index (χ0) is 63.7. The van der Waals surface area contributed by atoms with E-state index in [1.54, 1.807) is 42.0 Å². The van der Waals surface area contributed by atoms with Crippen LogP contribution in [0.3, 0.4) is 0 Å². The van der Waals surface area contributed by atoms with Crippen molar-refractivity contribution >= 4 is 66.4 Å². The fourth-order valence-electron chi connectivity index (χ4n) is 11.3. The Balaban J connectivity index is 0.00000773. The first-order valence-corrected chi connectivity index (χ1v) is 26.9.